The first kappa shape index (κ1) is 14.8. The number of urea groups is 1. The number of carbonyl (C=O) groups is 2. The first-order valence-electron chi connectivity index (χ1n) is 6.46. The van der Waals surface area contributed by atoms with Crippen LogP contribution in [0.2, 0.25) is 0 Å². The Labute approximate surface area is 107 Å². The number of aliphatic hydroxyl groups is 1. The van der Waals surface area contributed by atoms with Crippen LogP contribution in [0.1, 0.15) is 26.2 Å². The maximum absolute atomic E-state index is 11.8. The average molecular weight is 258 g/mol. The summed E-state index contributed by atoms with van der Waals surface area (Å²) in [7, 11) is 0. The van der Waals surface area contributed by atoms with Crippen molar-refractivity contribution < 1.29 is 19.8 Å². The quantitative estimate of drug-likeness (QED) is 0.647. The van der Waals surface area contributed by atoms with Crippen molar-refractivity contribution in [1.29, 1.82) is 0 Å². The number of aliphatic hydroxyl groups excluding tert-OH is 1. The molecule has 0 spiro atoms. The summed E-state index contributed by atoms with van der Waals surface area (Å²) in [5, 5.41) is 20.6. The van der Waals surface area contributed by atoms with E-state index in [2.05, 4.69) is 5.32 Å². The molecule has 18 heavy (non-hydrogen) atoms. The van der Waals surface area contributed by atoms with Crippen molar-refractivity contribution in [1.82, 2.24) is 10.2 Å². The van der Waals surface area contributed by atoms with Crippen LogP contribution in [0.15, 0.2) is 0 Å². The number of likely N-dealkylation sites (N-methyl/N-ethyl adjacent to an activating group) is 1. The normalized spacial score (nSPS) is 22.8. The van der Waals surface area contributed by atoms with E-state index in [-0.39, 0.29) is 24.5 Å². The maximum atomic E-state index is 11.8. The Bertz CT molecular complexity index is 296. The molecule has 0 radical (unpaired) electrons. The first-order valence-corrected chi connectivity index (χ1v) is 6.46. The lowest BCUT2D eigenvalue weighted by Gasteiger charge is -2.22. The van der Waals surface area contributed by atoms with Crippen LogP contribution in [-0.4, -0.2) is 53.4 Å². The van der Waals surface area contributed by atoms with Gasteiger partial charge in [0.05, 0.1) is 12.5 Å². The average Bonchev–Trinajstić information content (AvgIpc) is 2.81. The zero-order valence-corrected chi connectivity index (χ0v) is 10.8. The molecule has 3 N–H and O–H groups in total. The SMILES string of the molecule is CCN(CCO)C(=O)NCC1CCCC1C(=O)O. The van der Waals surface area contributed by atoms with Crippen molar-refractivity contribution in [3.63, 3.8) is 0 Å². The molecule has 6 nitrogen and oxygen atoms in total. The second-order valence-electron chi connectivity index (χ2n) is 4.63. The highest BCUT2D eigenvalue weighted by atomic mass is 16.4. The fraction of sp³-hybridized carbons (Fsp3) is 0.833. The molecule has 2 amide bonds. The summed E-state index contributed by atoms with van der Waals surface area (Å²) < 4.78 is 0. The summed E-state index contributed by atoms with van der Waals surface area (Å²) in [4.78, 5) is 24.3. The van der Waals surface area contributed by atoms with Crippen LogP contribution in [0.25, 0.3) is 0 Å². The van der Waals surface area contributed by atoms with E-state index in [0.717, 1.165) is 12.8 Å². The van der Waals surface area contributed by atoms with Gasteiger partial charge >= 0.3 is 12.0 Å². The zero-order chi connectivity index (χ0) is 13.5. The minimum Gasteiger partial charge on any atom is -0.481 e. The van der Waals surface area contributed by atoms with E-state index in [1.165, 1.54) is 4.90 Å². The van der Waals surface area contributed by atoms with Gasteiger partial charge in [-0.1, -0.05) is 6.42 Å². The Balaban J connectivity index is 2.39. The second-order valence-corrected chi connectivity index (χ2v) is 4.63. The minimum absolute atomic E-state index is 0.0271. The highest BCUT2D eigenvalue weighted by Gasteiger charge is 2.33. The standard InChI is InChI=1S/C12H22N2O4/c1-2-14(6-7-15)12(18)13-8-9-4-3-5-10(9)11(16)17/h9-10,15H,2-8H2,1H3,(H,13,18)(H,16,17). The van der Waals surface area contributed by atoms with E-state index in [4.69, 9.17) is 10.2 Å². The van der Waals surface area contributed by atoms with E-state index in [1.807, 2.05) is 6.92 Å². The Morgan fingerprint density at radius 2 is 2.11 bits per heavy atom. The molecular formula is C12H22N2O4. The Morgan fingerprint density at radius 3 is 2.67 bits per heavy atom. The molecule has 1 aliphatic rings. The number of nitrogens with one attached hydrogen (secondary N) is 1. The van der Waals surface area contributed by atoms with Crippen molar-refractivity contribution in [2.24, 2.45) is 11.8 Å². The zero-order valence-electron chi connectivity index (χ0n) is 10.8. The minimum atomic E-state index is -0.769. The number of aliphatic carboxylic acids is 1. The highest BCUT2D eigenvalue weighted by molar-refractivity contribution is 5.74. The summed E-state index contributed by atoms with van der Waals surface area (Å²) >= 11 is 0. The highest BCUT2D eigenvalue weighted by Crippen LogP contribution is 2.31. The van der Waals surface area contributed by atoms with Crippen LogP contribution >= 0.6 is 0 Å². The number of nitrogens with zero attached hydrogens (tertiary/aromatic N) is 1. The summed E-state index contributed by atoms with van der Waals surface area (Å²) in [6.45, 7) is 3.00. The van der Waals surface area contributed by atoms with Gasteiger partial charge in [-0.25, -0.2) is 4.79 Å². The molecule has 1 fully saturated rings. The Hall–Kier alpha value is -1.30. The van der Waals surface area contributed by atoms with Crippen LogP contribution in [-0.2, 0) is 4.79 Å². The summed E-state index contributed by atoms with van der Waals surface area (Å²) in [6.07, 6.45) is 2.46. The van der Waals surface area contributed by atoms with Gasteiger partial charge in [-0.2, -0.15) is 0 Å². The van der Waals surface area contributed by atoms with E-state index in [0.29, 0.717) is 26.1 Å². The fourth-order valence-electron chi connectivity index (χ4n) is 2.46. The van der Waals surface area contributed by atoms with Crippen molar-refractivity contribution in [3.8, 4) is 0 Å². The molecule has 104 valence electrons. The van der Waals surface area contributed by atoms with Gasteiger partial charge in [0.1, 0.15) is 0 Å². The van der Waals surface area contributed by atoms with Gasteiger partial charge in [-0.15, -0.1) is 0 Å². The maximum Gasteiger partial charge on any atom is 0.317 e. The van der Waals surface area contributed by atoms with Crippen molar-refractivity contribution in [3.05, 3.63) is 0 Å². The van der Waals surface area contributed by atoms with E-state index >= 15 is 0 Å². The predicted molar refractivity (Wildman–Crippen MR) is 66.2 cm³/mol. The number of hydrogen-bond acceptors (Lipinski definition) is 3. The third kappa shape index (κ3) is 3.87. The predicted octanol–water partition coefficient (Wildman–Crippen LogP) is 0.511. The van der Waals surface area contributed by atoms with Crippen LogP contribution in [0.3, 0.4) is 0 Å². The molecule has 0 aromatic carbocycles. The van der Waals surface area contributed by atoms with Gasteiger partial charge in [-0.3, -0.25) is 4.79 Å². The number of carboxylic acid groups (broad SMARTS) is 1. The largest absolute Gasteiger partial charge is 0.481 e. The van der Waals surface area contributed by atoms with Gasteiger partial charge in [0, 0.05) is 19.6 Å². The van der Waals surface area contributed by atoms with Gasteiger partial charge in [-0.05, 0) is 25.7 Å². The number of carboxylic acids is 1. The summed E-state index contributed by atoms with van der Waals surface area (Å²) in [5.74, 6) is -1.08. The van der Waals surface area contributed by atoms with Crippen molar-refractivity contribution in [2.75, 3.05) is 26.2 Å². The van der Waals surface area contributed by atoms with Gasteiger partial charge in [0.15, 0.2) is 0 Å². The fourth-order valence-corrected chi connectivity index (χ4v) is 2.46. The molecule has 2 unspecified atom stereocenters. The summed E-state index contributed by atoms with van der Waals surface area (Å²) in [5.41, 5.74) is 0. The third-order valence-electron chi connectivity index (χ3n) is 3.53. The lowest BCUT2D eigenvalue weighted by molar-refractivity contribution is -0.142. The van der Waals surface area contributed by atoms with Crippen LogP contribution < -0.4 is 5.32 Å². The monoisotopic (exact) mass is 258 g/mol. The molecule has 6 heteroatoms. The van der Waals surface area contributed by atoms with Gasteiger partial charge < -0.3 is 20.4 Å². The number of carbonyl (C=O) groups excluding carboxylic acids is 1. The summed E-state index contributed by atoms with van der Waals surface area (Å²) in [6, 6.07) is -0.234. The number of rotatable bonds is 6. The Morgan fingerprint density at radius 1 is 1.39 bits per heavy atom. The van der Waals surface area contributed by atoms with Crippen LogP contribution in [0.4, 0.5) is 4.79 Å². The third-order valence-corrected chi connectivity index (χ3v) is 3.53. The molecule has 0 aromatic heterocycles. The van der Waals surface area contributed by atoms with Gasteiger partial charge in [0.2, 0.25) is 0 Å². The molecule has 0 bridgehead atoms. The second kappa shape index (κ2) is 7.20. The smallest absolute Gasteiger partial charge is 0.317 e. The van der Waals surface area contributed by atoms with Gasteiger partial charge in [0.25, 0.3) is 0 Å². The molecule has 1 aliphatic carbocycles. The lowest BCUT2D eigenvalue weighted by atomic mass is 9.96. The Kier molecular flexibility index (Phi) is 5.91. The van der Waals surface area contributed by atoms with E-state index in [9.17, 15) is 9.59 Å². The number of amides is 2. The van der Waals surface area contributed by atoms with Crippen molar-refractivity contribution in [2.45, 2.75) is 26.2 Å². The molecule has 1 saturated carbocycles. The molecule has 0 saturated heterocycles. The molecule has 0 heterocycles. The molecule has 2 atom stereocenters. The topological polar surface area (TPSA) is 89.9 Å². The van der Waals surface area contributed by atoms with E-state index in [1.54, 1.807) is 0 Å². The van der Waals surface area contributed by atoms with Crippen LogP contribution in [0, 0.1) is 11.8 Å². The van der Waals surface area contributed by atoms with E-state index < -0.39 is 5.97 Å². The lowest BCUT2D eigenvalue weighted by Crippen LogP contribution is -2.43. The van der Waals surface area contributed by atoms with Crippen molar-refractivity contribution >= 4 is 12.0 Å². The molecule has 0 aliphatic heterocycles. The molecule has 1 rings (SSSR count). The van der Waals surface area contributed by atoms with Crippen LogP contribution in [0.5, 0.6) is 0 Å². The molecule has 0 aromatic rings. The number of hydrogen-bond donors (Lipinski definition) is 3. The molecular weight excluding hydrogens is 236 g/mol. The first-order chi connectivity index (χ1) is 8.60.